The molecule has 0 fully saturated rings. The van der Waals surface area contributed by atoms with E-state index in [4.69, 9.17) is 0 Å². The molecule has 0 radical (unpaired) electrons. The van der Waals surface area contributed by atoms with E-state index in [2.05, 4.69) is 34.5 Å². The number of hydrogen-bond donors (Lipinski definition) is 0. The minimum atomic E-state index is 0.0528. The van der Waals surface area contributed by atoms with E-state index < -0.39 is 0 Å². The lowest BCUT2D eigenvalue weighted by molar-refractivity contribution is 0.0715. The van der Waals surface area contributed by atoms with E-state index in [1.807, 2.05) is 40.8 Å². The summed E-state index contributed by atoms with van der Waals surface area (Å²) in [6.45, 7) is 0. The van der Waals surface area contributed by atoms with Gasteiger partial charge < -0.3 is 4.90 Å². The molecule has 1 heterocycles. The molecule has 3 aromatic rings. The first-order valence-corrected chi connectivity index (χ1v) is 8.54. The maximum Gasteiger partial charge on any atom is 0.254 e. The van der Waals surface area contributed by atoms with E-state index in [1.54, 1.807) is 12.7 Å². The summed E-state index contributed by atoms with van der Waals surface area (Å²) in [5, 5.41) is 7.61. The molecule has 0 aliphatic heterocycles. The molecule has 0 saturated heterocycles. The summed E-state index contributed by atoms with van der Waals surface area (Å²) in [5.41, 5.74) is 4.28. The zero-order valence-corrected chi connectivity index (χ0v) is 14.2. The molecule has 5 heteroatoms. The standard InChI is InChI=1S/C20H20N4O/c1-23(19-8-4-6-15-5-2-3-7-18(15)19)20(25)16-9-11-17(12-10-16)24-13-21-22-14-24/h2-3,5,7,9-14,19H,4,6,8H2,1H3. The number of carbonyl (C=O) groups excluding carboxylic acids is 1. The van der Waals surface area contributed by atoms with Crippen LogP contribution in [0.25, 0.3) is 5.69 Å². The highest BCUT2D eigenvalue weighted by molar-refractivity contribution is 5.94. The number of rotatable bonds is 3. The Morgan fingerprint density at radius 1 is 1.08 bits per heavy atom. The zero-order chi connectivity index (χ0) is 17.2. The van der Waals surface area contributed by atoms with Gasteiger partial charge in [0.2, 0.25) is 0 Å². The normalized spacial score (nSPS) is 16.3. The van der Waals surface area contributed by atoms with Crippen molar-refractivity contribution >= 4 is 5.91 Å². The van der Waals surface area contributed by atoms with Gasteiger partial charge in [-0.1, -0.05) is 24.3 Å². The summed E-state index contributed by atoms with van der Waals surface area (Å²) >= 11 is 0. The molecular weight excluding hydrogens is 312 g/mol. The Bertz CT molecular complexity index is 871. The second kappa shape index (κ2) is 6.51. The Balaban J connectivity index is 1.57. The van der Waals surface area contributed by atoms with Gasteiger partial charge in [0, 0.05) is 18.3 Å². The SMILES string of the molecule is CN(C(=O)c1ccc(-n2cnnc2)cc1)C1CCCc2ccccc21. The molecule has 4 rings (SSSR count). The van der Waals surface area contributed by atoms with Crippen molar-refractivity contribution in [2.75, 3.05) is 7.05 Å². The highest BCUT2D eigenvalue weighted by Gasteiger charge is 2.27. The summed E-state index contributed by atoms with van der Waals surface area (Å²) < 4.78 is 1.81. The molecule has 0 N–H and O–H groups in total. The highest BCUT2D eigenvalue weighted by Crippen LogP contribution is 2.34. The zero-order valence-electron chi connectivity index (χ0n) is 14.2. The Hall–Kier alpha value is -2.95. The van der Waals surface area contributed by atoms with Crippen LogP contribution in [0.1, 0.15) is 40.4 Å². The van der Waals surface area contributed by atoms with E-state index in [9.17, 15) is 4.79 Å². The third-order valence-corrected chi connectivity index (χ3v) is 4.96. The van der Waals surface area contributed by atoms with Gasteiger partial charge in [-0.25, -0.2) is 0 Å². The molecule has 0 bridgehead atoms. The van der Waals surface area contributed by atoms with Crippen molar-refractivity contribution in [3.8, 4) is 5.69 Å². The molecule has 2 aromatic carbocycles. The Morgan fingerprint density at radius 3 is 2.56 bits per heavy atom. The van der Waals surface area contributed by atoms with Crippen molar-refractivity contribution in [3.63, 3.8) is 0 Å². The van der Waals surface area contributed by atoms with Crippen LogP contribution in [0, 0.1) is 0 Å². The van der Waals surface area contributed by atoms with E-state index in [1.165, 1.54) is 11.1 Å². The van der Waals surface area contributed by atoms with Crippen LogP contribution in [0.3, 0.4) is 0 Å². The van der Waals surface area contributed by atoms with Gasteiger partial charge in [0.05, 0.1) is 6.04 Å². The number of nitrogens with zero attached hydrogens (tertiary/aromatic N) is 4. The van der Waals surface area contributed by atoms with Crippen LogP contribution >= 0.6 is 0 Å². The van der Waals surface area contributed by atoms with Crippen LogP contribution in [-0.2, 0) is 6.42 Å². The summed E-state index contributed by atoms with van der Waals surface area (Å²) in [5.74, 6) is 0.0528. The molecule has 1 atom stereocenters. The first-order valence-electron chi connectivity index (χ1n) is 8.54. The molecule has 1 aromatic heterocycles. The lowest BCUT2D eigenvalue weighted by Gasteiger charge is -2.33. The molecule has 0 spiro atoms. The largest absolute Gasteiger partial charge is 0.335 e. The van der Waals surface area contributed by atoms with Crippen molar-refractivity contribution < 1.29 is 4.79 Å². The highest BCUT2D eigenvalue weighted by atomic mass is 16.2. The van der Waals surface area contributed by atoms with Gasteiger partial charge in [0.1, 0.15) is 12.7 Å². The number of fused-ring (bicyclic) bond motifs is 1. The van der Waals surface area contributed by atoms with Crippen molar-refractivity contribution in [1.82, 2.24) is 19.7 Å². The lowest BCUT2D eigenvalue weighted by atomic mass is 9.87. The monoisotopic (exact) mass is 332 g/mol. The number of benzene rings is 2. The molecule has 126 valence electrons. The predicted octanol–water partition coefficient (Wildman–Crippen LogP) is 3.42. The predicted molar refractivity (Wildman–Crippen MR) is 95.6 cm³/mol. The van der Waals surface area contributed by atoms with Gasteiger partial charge >= 0.3 is 0 Å². The third-order valence-electron chi connectivity index (χ3n) is 4.96. The summed E-state index contributed by atoms with van der Waals surface area (Å²) in [6.07, 6.45) is 6.51. The molecule has 1 aliphatic rings. The minimum absolute atomic E-state index is 0.0528. The number of carbonyl (C=O) groups is 1. The topological polar surface area (TPSA) is 51.0 Å². The quantitative estimate of drug-likeness (QED) is 0.738. The van der Waals surface area contributed by atoms with Crippen molar-refractivity contribution in [1.29, 1.82) is 0 Å². The van der Waals surface area contributed by atoms with E-state index in [-0.39, 0.29) is 11.9 Å². The smallest absolute Gasteiger partial charge is 0.254 e. The second-order valence-corrected chi connectivity index (χ2v) is 6.44. The van der Waals surface area contributed by atoms with Crippen LogP contribution in [0.2, 0.25) is 0 Å². The van der Waals surface area contributed by atoms with Gasteiger partial charge in [-0.3, -0.25) is 9.36 Å². The van der Waals surface area contributed by atoms with E-state index >= 15 is 0 Å². The maximum atomic E-state index is 12.9. The number of aryl methyl sites for hydroxylation is 1. The molecule has 1 unspecified atom stereocenters. The lowest BCUT2D eigenvalue weighted by Crippen LogP contribution is -2.33. The van der Waals surface area contributed by atoms with Crippen LogP contribution in [0.4, 0.5) is 0 Å². The van der Waals surface area contributed by atoms with Gasteiger partial charge in [0.25, 0.3) is 5.91 Å². The third kappa shape index (κ3) is 2.93. The Labute approximate surface area is 146 Å². The van der Waals surface area contributed by atoms with Crippen LogP contribution in [0.15, 0.2) is 61.2 Å². The van der Waals surface area contributed by atoms with Crippen LogP contribution in [-0.4, -0.2) is 32.6 Å². The van der Waals surface area contributed by atoms with Crippen molar-refractivity contribution in [2.45, 2.75) is 25.3 Å². The molecule has 5 nitrogen and oxygen atoms in total. The number of aromatic nitrogens is 3. The van der Waals surface area contributed by atoms with Crippen molar-refractivity contribution in [2.24, 2.45) is 0 Å². The summed E-state index contributed by atoms with van der Waals surface area (Å²) in [4.78, 5) is 14.8. The number of amides is 1. The molecular formula is C20H20N4O. The fourth-order valence-electron chi connectivity index (χ4n) is 3.59. The van der Waals surface area contributed by atoms with Gasteiger partial charge in [-0.2, -0.15) is 0 Å². The van der Waals surface area contributed by atoms with Crippen LogP contribution < -0.4 is 0 Å². The molecule has 1 aliphatic carbocycles. The van der Waals surface area contributed by atoms with Gasteiger partial charge in [-0.15, -0.1) is 10.2 Å². The summed E-state index contributed by atoms with van der Waals surface area (Å²) in [7, 11) is 1.91. The molecule has 0 saturated carbocycles. The van der Waals surface area contributed by atoms with Gasteiger partial charge in [0.15, 0.2) is 0 Å². The Kier molecular flexibility index (Phi) is 4.06. The average Bonchev–Trinajstić information content (AvgIpc) is 3.21. The van der Waals surface area contributed by atoms with Gasteiger partial charge in [-0.05, 0) is 54.7 Å². The minimum Gasteiger partial charge on any atom is -0.335 e. The first-order chi connectivity index (χ1) is 12.2. The fourth-order valence-corrected chi connectivity index (χ4v) is 3.59. The second-order valence-electron chi connectivity index (χ2n) is 6.44. The molecule has 1 amide bonds. The maximum absolute atomic E-state index is 12.9. The van der Waals surface area contributed by atoms with Crippen LogP contribution in [0.5, 0.6) is 0 Å². The van der Waals surface area contributed by atoms with E-state index in [0.717, 1.165) is 24.9 Å². The average molecular weight is 332 g/mol. The summed E-state index contributed by atoms with van der Waals surface area (Å²) in [6, 6.07) is 16.2. The Morgan fingerprint density at radius 2 is 1.80 bits per heavy atom. The number of hydrogen-bond acceptors (Lipinski definition) is 3. The molecule has 25 heavy (non-hydrogen) atoms. The van der Waals surface area contributed by atoms with E-state index in [0.29, 0.717) is 5.56 Å². The first kappa shape index (κ1) is 15.6. The van der Waals surface area contributed by atoms with Crippen molar-refractivity contribution in [3.05, 3.63) is 77.9 Å². The fraction of sp³-hybridized carbons (Fsp3) is 0.250.